The van der Waals surface area contributed by atoms with Crippen LogP contribution in [0.1, 0.15) is 28.8 Å². The molecule has 1 unspecified atom stereocenters. The Kier molecular flexibility index (Phi) is 4.91. The number of imide groups is 1. The van der Waals surface area contributed by atoms with Gasteiger partial charge in [-0.3, -0.25) is 25.1 Å². The van der Waals surface area contributed by atoms with Crippen LogP contribution >= 0.6 is 0 Å². The molecule has 2 aliphatic heterocycles. The highest BCUT2D eigenvalue weighted by Crippen LogP contribution is 2.26. The first kappa shape index (κ1) is 16.4. The molecular formula is C14H16N4O5. The van der Waals surface area contributed by atoms with Crippen LogP contribution < -0.4 is 16.6 Å². The lowest BCUT2D eigenvalue weighted by Gasteiger charge is -2.29. The molecule has 5 N–H and O–H groups in total. The van der Waals surface area contributed by atoms with Gasteiger partial charge in [0.05, 0.1) is 0 Å². The monoisotopic (exact) mass is 320 g/mol. The first-order valence-electron chi connectivity index (χ1n) is 6.86. The molecule has 0 saturated carbocycles. The second-order valence-electron chi connectivity index (χ2n) is 5.01. The van der Waals surface area contributed by atoms with Crippen LogP contribution in [0.15, 0.2) is 24.3 Å². The van der Waals surface area contributed by atoms with Crippen molar-refractivity contribution < 1.29 is 24.3 Å². The number of benzene rings is 1. The molecule has 2 heterocycles. The van der Waals surface area contributed by atoms with Crippen LogP contribution in [0, 0.1) is 0 Å². The van der Waals surface area contributed by atoms with E-state index in [1.165, 1.54) is 5.43 Å². The standard InChI is InChI=1S/C13H12N2O3.CH4N2O2/c16-11-6-5-10(12(17)14-11)15-7-8-3-1-2-4-9(8)13(15)18;2-3-1(4)5/h1-4,10H,5-7H2,(H,14,16,17);3H,2H2,(H,4,5). The molecular weight excluding hydrogens is 304 g/mol. The summed E-state index contributed by atoms with van der Waals surface area (Å²) in [7, 11) is 0. The molecule has 1 aromatic carbocycles. The minimum absolute atomic E-state index is 0.125. The van der Waals surface area contributed by atoms with Gasteiger partial charge in [0.1, 0.15) is 6.04 Å². The Hall–Kier alpha value is -2.94. The molecule has 4 amide bonds. The molecule has 23 heavy (non-hydrogen) atoms. The molecule has 1 fully saturated rings. The average molecular weight is 320 g/mol. The van der Waals surface area contributed by atoms with E-state index in [0.717, 1.165) is 5.56 Å². The summed E-state index contributed by atoms with van der Waals surface area (Å²) in [4.78, 5) is 45.7. The molecule has 1 saturated heterocycles. The van der Waals surface area contributed by atoms with E-state index in [9.17, 15) is 14.4 Å². The molecule has 0 spiro atoms. The van der Waals surface area contributed by atoms with E-state index in [4.69, 9.17) is 9.90 Å². The highest BCUT2D eigenvalue weighted by atomic mass is 16.4. The SMILES string of the molecule is NNC(=O)O.O=C1CCC(N2Cc3ccccc3C2=O)C(=O)N1. The molecule has 3 rings (SSSR count). The van der Waals surface area contributed by atoms with Crippen molar-refractivity contribution in [1.29, 1.82) is 0 Å². The molecule has 2 aliphatic rings. The van der Waals surface area contributed by atoms with Crippen LogP contribution in [0.4, 0.5) is 4.79 Å². The van der Waals surface area contributed by atoms with Crippen LogP contribution in [0.5, 0.6) is 0 Å². The Labute approximate surface area is 131 Å². The summed E-state index contributed by atoms with van der Waals surface area (Å²) in [6.07, 6.45) is -0.522. The van der Waals surface area contributed by atoms with Gasteiger partial charge in [-0.15, -0.1) is 0 Å². The maximum absolute atomic E-state index is 12.2. The molecule has 9 nitrogen and oxygen atoms in total. The summed E-state index contributed by atoms with van der Waals surface area (Å²) in [5.41, 5.74) is 3.04. The molecule has 0 aliphatic carbocycles. The van der Waals surface area contributed by atoms with Gasteiger partial charge in [0.15, 0.2) is 0 Å². The Balaban J connectivity index is 0.000000338. The summed E-state index contributed by atoms with van der Waals surface area (Å²) >= 11 is 0. The first-order chi connectivity index (χ1) is 10.9. The highest BCUT2D eigenvalue weighted by Gasteiger charge is 2.38. The number of nitrogens with two attached hydrogens (primary N) is 1. The topological polar surface area (TPSA) is 142 Å². The lowest BCUT2D eigenvalue weighted by atomic mass is 10.0. The van der Waals surface area contributed by atoms with E-state index >= 15 is 0 Å². The largest absolute Gasteiger partial charge is 0.464 e. The molecule has 122 valence electrons. The van der Waals surface area contributed by atoms with E-state index in [1.54, 1.807) is 11.0 Å². The average Bonchev–Trinajstić information content (AvgIpc) is 2.85. The number of hydrazine groups is 1. The fraction of sp³-hybridized carbons (Fsp3) is 0.286. The molecule has 0 aromatic heterocycles. The summed E-state index contributed by atoms with van der Waals surface area (Å²) in [6, 6.07) is 6.82. The smallest absolute Gasteiger partial charge is 0.418 e. The number of hydrogen-bond acceptors (Lipinski definition) is 5. The molecule has 0 bridgehead atoms. The minimum atomic E-state index is -1.22. The maximum atomic E-state index is 12.2. The third-order valence-corrected chi connectivity index (χ3v) is 3.56. The predicted molar refractivity (Wildman–Crippen MR) is 77.8 cm³/mol. The minimum Gasteiger partial charge on any atom is -0.464 e. The zero-order chi connectivity index (χ0) is 17.0. The van der Waals surface area contributed by atoms with Crippen molar-refractivity contribution >= 4 is 23.8 Å². The van der Waals surface area contributed by atoms with E-state index in [-0.39, 0.29) is 24.1 Å². The first-order valence-corrected chi connectivity index (χ1v) is 6.86. The number of carbonyl (C=O) groups excluding carboxylic acids is 3. The third-order valence-electron chi connectivity index (χ3n) is 3.56. The van der Waals surface area contributed by atoms with E-state index in [1.807, 2.05) is 18.2 Å². The summed E-state index contributed by atoms with van der Waals surface area (Å²) in [5.74, 6) is 3.57. The Morgan fingerprint density at radius 2 is 1.96 bits per heavy atom. The summed E-state index contributed by atoms with van der Waals surface area (Å²) < 4.78 is 0. The summed E-state index contributed by atoms with van der Waals surface area (Å²) in [5, 5.41) is 9.77. The van der Waals surface area contributed by atoms with E-state index < -0.39 is 12.1 Å². The van der Waals surface area contributed by atoms with Crippen molar-refractivity contribution in [2.24, 2.45) is 5.84 Å². The Bertz CT molecular complexity index is 660. The van der Waals surface area contributed by atoms with Crippen molar-refractivity contribution in [2.45, 2.75) is 25.4 Å². The van der Waals surface area contributed by atoms with Gasteiger partial charge in [0, 0.05) is 18.5 Å². The fourth-order valence-electron chi connectivity index (χ4n) is 2.51. The number of carboxylic acid groups (broad SMARTS) is 1. The third kappa shape index (κ3) is 3.64. The molecule has 0 radical (unpaired) electrons. The predicted octanol–water partition coefficient (Wildman–Crippen LogP) is -0.425. The number of carbonyl (C=O) groups is 4. The maximum Gasteiger partial charge on any atom is 0.418 e. The molecule has 1 aromatic rings. The molecule has 9 heteroatoms. The van der Waals surface area contributed by atoms with Crippen molar-refractivity contribution in [3.05, 3.63) is 35.4 Å². The van der Waals surface area contributed by atoms with Crippen molar-refractivity contribution in [3.8, 4) is 0 Å². The van der Waals surface area contributed by atoms with Crippen LogP contribution in [0.2, 0.25) is 0 Å². The zero-order valence-electron chi connectivity index (χ0n) is 12.1. The highest BCUT2D eigenvalue weighted by molar-refractivity contribution is 6.05. The number of amides is 4. The van der Waals surface area contributed by atoms with Crippen molar-refractivity contribution in [2.75, 3.05) is 0 Å². The van der Waals surface area contributed by atoms with Gasteiger partial charge >= 0.3 is 6.09 Å². The number of nitrogens with zero attached hydrogens (tertiary/aromatic N) is 1. The van der Waals surface area contributed by atoms with E-state index in [0.29, 0.717) is 18.5 Å². The second-order valence-corrected chi connectivity index (χ2v) is 5.01. The second kappa shape index (κ2) is 6.88. The Morgan fingerprint density at radius 3 is 2.52 bits per heavy atom. The van der Waals surface area contributed by atoms with E-state index in [2.05, 4.69) is 11.2 Å². The number of rotatable bonds is 1. The number of fused-ring (bicyclic) bond motifs is 1. The van der Waals surface area contributed by atoms with Gasteiger partial charge in [-0.25, -0.2) is 10.6 Å². The molecule has 1 atom stereocenters. The number of piperidine rings is 1. The van der Waals surface area contributed by atoms with Crippen LogP contribution in [-0.2, 0) is 16.1 Å². The lowest BCUT2D eigenvalue weighted by Crippen LogP contribution is -2.52. The van der Waals surface area contributed by atoms with Gasteiger partial charge in [0.25, 0.3) is 5.91 Å². The van der Waals surface area contributed by atoms with Gasteiger partial charge in [-0.1, -0.05) is 18.2 Å². The number of nitrogens with one attached hydrogen (secondary N) is 2. The van der Waals surface area contributed by atoms with Gasteiger partial charge in [-0.05, 0) is 18.1 Å². The van der Waals surface area contributed by atoms with Gasteiger partial charge < -0.3 is 10.0 Å². The number of hydrogen-bond donors (Lipinski definition) is 4. The lowest BCUT2D eigenvalue weighted by molar-refractivity contribution is -0.136. The van der Waals surface area contributed by atoms with Crippen LogP contribution in [0.25, 0.3) is 0 Å². The fourth-order valence-corrected chi connectivity index (χ4v) is 2.51. The van der Waals surface area contributed by atoms with Gasteiger partial charge in [-0.2, -0.15) is 0 Å². The van der Waals surface area contributed by atoms with Crippen molar-refractivity contribution in [3.63, 3.8) is 0 Å². The normalized spacial score (nSPS) is 19.4. The Morgan fingerprint density at radius 1 is 1.30 bits per heavy atom. The van der Waals surface area contributed by atoms with Crippen LogP contribution in [0.3, 0.4) is 0 Å². The van der Waals surface area contributed by atoms with Crippen molar-refractivity contribution in [1.82, 2.24) is 15.6 Å². The van der Waals surface area contributed by atoms with Gasteiger partial charge in [0.2, 0.25) is 11.8 Å². The summed E-state index contributed by atoms with van der Waals surface area (Å²) in [6.45, 7) is 0.446. The zero-order valence-corrected chi connectivity index (χ0v) is 12.1. The van der Waals surface area contributed by atoms with Crippen LogP contribution in [-0.4, -0.2) is 39.9 Å². The quantitative estimate of drug-likeness (QED) is 0.239.